The zero-order valence-corrected chi connectivity index (χ0v) is 12.6. The average molecular weight is 274 g/mol. The van der Waals surface area contributed by atoms with Gasteiger partial charge < -0.3 is 5.32 Å². The predicted octanol–water partition coefficient (Wildman–Crippen LogP) is 4.12. The maximum atomic E-state index is 11.8. The van der Waals surface area contributed by atoms with Crippen LogP contribution in [-0.2, 0) is 4.79 Å². The van der Waals surface area contributed by atoms with E-state index in [4.69, 9.17) is 11.6 Å². The van der Waals surface area contributed by atoms with E-state index in [9.17, 15) is 4.79 Å². The third-order valence-corrected chi connectivity index (χ3v) is 4.76. The van der Waals surface area contributed by atoms with Crippen LogP contribution in [0.4, 0.5) is 0 Å². The molecule has 0 aromatic carbocycles. The van der Waals surface area contributed by atoms with Crippen LogP contribution in [0.1, 0.15) is 65.2 Å². The molecule has 0 saturated heterocycles. The predicted molar refractivity (Wildman–Crippen MR) is 77.9 cm³/mol. The smallest absolute Gasteiger partial charge is 0.220 e. The summed E-state index contributed by atoms with van der Waals surface area (Å²) in [5.74, 6) is 1.32. The third-order valence-electron chi connectivity index (χ3n) is 4.25. The van der Waals surface area contributed by atoms with Gasteiger partial charge >= 0.3 is 0 Å². The van der Waals surface area contributed by atoms with Gasteiger partial charge in [-0.25, -0.2) is 0 Å². The summed E-state index contributed by atoms with van der Waals surface area (Å²) in [7, 11) is 0. The molecule has 1 amide bonds. The Bertz CT molecular complexity index is 235. The Morgan fingerprint density at radius 2 is 1.83 bits per heavy atom. The lowest BCUT2D eigenvalue weighted by atomic mass is 9.87. The molecule has 1 unspecified atom stereocenters. The van der Waals surface area contributed by atoms with Gasteiger partial charge in [0.05, 0.1) is 5.38 Å². The molecule has 1 aliphatic rings. The lowest BCUT2D eigenvalue weighted by Gasteiger charge is -2.22. The fourth-order valence-corrected chi connectivity index (χ4v) is 3.34. The van der Waals surface area contributed by atoms with E-state index in [0.717, 1.165) is 12.8 Å². The second-order valence-corrected chi connectivity index (χ2v) is 6.17. The van der Waals surface area contributed by atoms with Crippen LogP contribution in [0, 0.1) is 11.8 Å². The van der Waals surface area contributed by atoms with Crippen molar-refractivity contribution in [3.8, 4) is 0 Å². The number of halogens is 1. The second kappa shape index (κ2) is 8.79. The Hall–Kier alpha value is -0.240. The Kier molecular flexibility index (Phi) is 7.73. The van der Waals surface area contributed by atoms with Crippen molar-refractivity contribution < 1.29 is 4.79 Å². The van der Waals surface area contributed by atoms with Crippen molar-refractivity contribution in [2.24, 2.45) is 11.8 Å². The molecule has 0 aromatic heterocycles. The molecule has 0 bridgehead atoms. The van der Waals surface area contributed by atoms with Crippen LogP contribution in [-0.4, -0.2) is 17.8 Å². The number of carbonyl (C=O) groups is 1. The summed E-state index contributed by atoms with van der Waals surface area (Å²) in [5.41, 5.74) is 0. The third kappa shape index (κ3) is 5.60. The lowest BCUT2D eigenvalue weighted by molar-refractivity contribution is -0.122. The number of alkyl halides is 1. The van der Waals surface area contributed by atoms with E-state index in [-0.39, 0.29) is 11.3 Å². The maximum Gasteiger partial charge on any atom is 0.220 e. The molecule has 0 spiro atoms. The molecule has 1 saturated carbocycles. The first kappa shape index (κ1) is 15.8. The van der Waals surface area contributed by atoms with Gasteiger partial charge in [0, 0.05) is 13.0 Å². The van der Waals surface area contributed by atoms with Crippen LogP contribution in [0.15, 0.2) is 0 Å². The monoisotopic (exact) mass is 273 g/mol. The standard InChI is InChI=1S/C15H28ClNO/c1-3-13(4-2)14(16)11-17-15(18)10-12-8-6-5-7-9-12/h12-14H,3-11H2,1-2H3,(H,17,18). The van der Waals surface area contributed by atoms with Gasteiger partial charge in [0.25, 0.3) is 0 Å². The number of hydrogen-bond donors (Lipinski definition) is 1. The Morgan fingerprint density at radius 1 is 1.22 bits per heavy atom. The van der Waals surface area contributed by atoms with Gasteiger partial charge in [0.1, 0.15) is 0 Å². The van der Waals surface area contributed by atoms with Gasteiger partial charge in [0.2, 0.25) is 5.91 Å². The molecular weight excluding hydrogens is 246 g/mol. The summed E-state index contributed by atoms with van der Waals surface area (Å²) >= 11 is 6.32. The largest absolute Gasteiger partial charge is 0.355 e. The molecule has 0 heterocycles. The Morgan fingerprint density at radius 3 is 2.39 bits per heavy atom. The highest BCUT2D eigenvalue weighted by molar-refractivity contribution is 6.21. The first-order valence-electron chi connectivity index (χ1n) is 7.58. The van der Waals surface area contributed by atoms with Crippen molar-refractivity contribution >= 4 is 17.5 Å². The van der Waals surface area contributed by atoms with E-state index in [2.05, 4.69) is 19.2 Å². The molecule has 1 aliphatic carbocycles. The van der Waals surface area contributed by atoms with Crippen LogP contribution in [0.2, 0.25) is 0 Å². The van der Waals surface area contributed by atoms with Gasteiger partial charge in [0.15, 0.2) is 0 Å². The summed E-state index contributed by atoms with van der Waals surface area (Å²) in [6.45, 7) is 4.94. The number of amides is 1. The van der Waals surface area contributed by atoms with Crippen LogP contribution < -0.4 is 5.32 Å². The molecule has 0 aliphatic heterocycles. The fourth-order valence-electron chi connectivity index (χ4n) is 2.90. The van der Waals surface area contributed by atoms with Gasteiger partial charge in [-0.05, 0) is 24.7 Å². The maximum absolute atomic E-state index is 11.8. The van der Waals surface area contributed by atoms with Crippen molar-refractivity contribution in [1.29, 1.82) is 0 Å². The van der Waals surface area contributed by atoms with E-state index >= 15 is 0 Å². The number of rotatable bonds is 7. The summed E-state index contributed by atoms with van der Waals surface area (Å²) in [6, 6.07) is 0. The molecule has 1 rings (SSSR count). The van der Waals surface area contributed by atoms with Crippen LogP contribution in [0.5, 0.6) is 0 Å². The highest BCUT2D eigenvalue weighted by atomic mass is 35.5. The van der Waals surface area contributed by atoms with Gasteiger partial charge in [-0.1, -0.05) is 46.0 Å². The number of carbonyl (C=O) groups excluding carboxylic acids is 1. The average Bonchev–Trinajstić information content (AvgIpc) is 2.39. The van der Waals surface area contributed by atoms with E-state index in [1.165, 1.54) is 32.1 Å². The summed E-state index contributed by atoms with van der Waals surface area (Å²) < 4.78 is 0. The van der Waals surface area contributed by atoms with Gasteiger partial charge in [-0.15, -0.1) is 11.6 Å². The van der Waals surface area contributed by atoms with E-state index in [1.54, 1.807) is 0 Å². The van der Waals surface area contributed by atoms with Crippen molar-refractivity contribution in [3.05, 3.63) is 0 Å². The van der Waals surface area contributed by atoms with Crippen LogP contribution in [0.25, 0.3) is 0 Å². The molecule has 0 radical (unpaired) electrons. The highest BCUT2D eigenvalue weighted by Crippen LogP contribution is 2.26. The minimum Gasteiger partial charge on any atom is -0.355 e. The zero-order valence-electron chi connectivity index (χ0n) is 11.9. The van der Waals surface area contributed by atoms with Crippen molar-refractivity contribution in [2.75, 3.05) is 6.54 Å². The Labute approximate surface area is 117 Å². The van der Waals surface area contributed by atoms with Gasteiger partial charge in [-0.3, -0.25) is 4.79 Å². The van der Waals surface area contributed by atoms with E-state index in [1.807, 2.05) is 0 Å². The minimum absolute atomic E-state index is 0.0790. The number of nitrogens with one attached hydrogen (secondary N) is 1. The molecule has 1 atom stereocenters. The minimum atomic E-state index is 0.0790. The topological polar surface area (TPSA) is 29.1 Å². The fraction of sp³-hybridized carbons (Fsp3) is 0.933. The summed E-state index contributed by atoms with van der Waals surface area (Å²) in [6.07, 6.45) is 9.26. The normalized spacial score (nSPS) is 18.9. The lowest BCUT2D eigenvalue weighted by Crippen LogP contribution is -2.34. The van der Waals surface area contributed by atoms with Gasteiger partial charge in [-0.2, -0.15) is 0 Å². The highest BCUT2D eigenvalue weighted by Gasteiger charge is 2.19. The van der Waals surface area contributed by atoms with Crippen molar-refractivity contribution in [3.63, 3.8) is 0 Å². The quantitative estimate of drug-likeness (QED) is 0.695. The summed E-state index contributed by atoms with van der Waals surface area (Å²) in [5, 5.41) is 3.09. The van der Waals surface area contributed by atoms with Crippen molar-refractivity contribution in [2.45, 2.75) is 70.6 Å². The zero-order chi connectivity index (χ0) is 13.4. The van der Waals surface area contributed by atoms with Crippen LogP contribution in [0.3, 0.4) is 0 Å². The SMILES string of the molecule is CCC(CC)C(Cl)CNC(=O)CC1CCCCC1. The van der Waals surface area contributed by atoms with Crippen molar-refractivity contribution in [1.82, 2.24) is 5.32 Å². The molecule has 2 nitrogen and oxygen atoms in total. The number of hydrogen-bond acceptors (Lipinski definition) is 1. The molecule has 1 fully saturated rings. The summed E-state index contributed by atoms with van der Waals surface area (Å²) in [4.78, 5) is 11.8. The van der Waals surface area contributed by atoms with E-state index in [0.29, 0.717) is 24.8 Å². The van der Waals surface area contributed by atoms with Crippen LogP contribution >= 0.6 is 11.6 Å². The molecule has 106 valence electrons. The molecule has 1 N–H and O–H groups in total. The van der Waals surface area contributed by atoms with E-state index < -0.39 is 0 Å². The second-order valence-electron chi connectivity index (χ2n) is 5.60. The molecule has 0 aromatic rings. The Balaban J connectivity index is 2.19. The molecular formula is C15H28ClNO. The first-order chi connectivity index (χ1) is 8.67. The molecule has 3 heteroatoms. The first-order valence-corrected chi connectivity index (χ1v) is 8.01. The molecule has 18 heavy (non-hydrogen) atoms.